The van der Waals surface area contributed by atoms with Gasteiger partial charge in [-0.2, -0.15) is 0 Å². The number of aliphatic imine (C=N–C) groups is 1. The van der Waals surface area contributed by atoms with Crippen LogP contribution in [-0.4, -0.2) is 68.7 Å². The molecule has 26 heavy (non-hydrogen) atoms. The summed E-state index contributed by atoms with van der Waals surface area (Å²) in [6.07, 6.45) is 1.15. The van der Waals surface area contributed by atoms with Gasteiger partial charge >= 0.3 is 0 Å². The minimum atomic E-state index is 0. The van der Waals surface area contributed by atoms with Gasteiger partial charge in [0.15, 0.2) is 5.96 Å². The third-order valence-corrected chi connectivity index (χ3v) is 4.79. The Morgan fingerprint density at radius 2 is 2.04 bits per heavy atom. The first-order valence-corrected chi connectivity index (χ1v) is 9.41. The first kappa shape index (κ1) is 23.2. The number of guanidine groups is 1. The van der Waals surface area contributed by atoms with Gasteiger partial charge in [-0.05, 0) is 32.9 Å². The molecule has 0 aliphatic carbocycles. The van der Waals surface area contributed by atoms with Gasteiger partial charge in [0.2, 0.25) is 0 Å². The van der Waals surface area contributed by atoms with Crippen LogP contribution in [0.15, 0.2) is 35.3 Å². The highest BCUT2D eigenvalue weighted by atomic mass is 127. The molecule has 2 unspecified atom stereocenters. The van der Waals surface area contributed by atoms with E-state index in [9.17, 15) is 0 Å². The van der Waals surface area contributed by atoms with Crippen molar-refractivity contribution in [2.75, 3.05) is 46.9 Å². The number of halogens is 1. The Morgan fingerprint density at radius 3 is 2.65 bits per heavy atom. The summed E-state index contributed by atoms with van der Waals surface area (Å²) in [6, 6.07) is 11.0. The van der Waals surface area contributed by atoms with Gasteiger partial charge in [0.25, 0.3) is 0 Å². The van der Waals surface area contributed by atoms with E-state index in [-0.39, 0.29) is 24.0 Å². The average molecular weight is 474 g/mol. The molecule has 0 saturated carbocycles. The van der Waals surface area contributed by atoms with E-state index >= 15 is 0 Å². The number of nitrogens with one attached hydrogen (secondary N) is 1. The van der Waals surface area contributed by atoms with Crippen LogP contribution in [0.4, 0.5) is 0 Å². The van der Waals surface area contributed by atoms with Crippen LogP contribution in [-0.2, 0) is 11.3 Å². The van der Waals surface area contributed by atoms with Crippen molar-refractivity contribution < 1.29 is 4.74 Å². The largest absolute Gasteiger partial charge is 0.381 e. The number of ether oxygens (including phenoxy) is 1. The summed E-state index contributed by atoms with van der Waals surface area (Å²) in [7, 11) is 4.29. The van der Waals surface area contributed by atoms with E-state index in [2.05, 4.69) is 73.4 Å². The van der Waals surface area contributed by atoms with Crippen LogP contribution < -0.4 is 5.32 Å². The zero-order valence-electron chi connectivity index (χ0n) is 16.6. The highest BCUT2D eigenvalue weighted by molar-refractivity contribution is 14.0. The molecule has 6 heteroatoms. The fraction of sp³-hybridized carbons (Fsp3) is 0.650. The Bertz CT molecular complexity index is 520. The minimum absolute atomic E-state index is 0. The molecule has 0 bridgehead atoms. The molecule has 2 rings (SSSR count). The van der Waals surface area contributed by atoms with Crippen LogP contribution in [0.3, 0.4) is 0 Å². The second kappa shape index (κ2) is 12.5. The number of nitrogens with zero attached hydrogens (tertiary/aromatic N) is 3. The predicted octanol–water partition coefficient (Wildman–Crippen LogP) is 3.06. The number of likely N-dealkylation sites (N-methyl/N-ethyl adjacent to an activating group) is 1. The first-order chi connectivity index (χ1) is 12.1. The first-order valence-electron chi connectivity index (χ1n) is 9.41. The lowest BCUT2D eigenvalue weighted by atomic mass is 10.1. The van der Waals surface area contributed by atoms with E-state index in [1.54, 1.807) is 0 Å². The van der Waals surface area contributed by atoms with E-state index in [0.717, 1.165) is 51.8 Å². The maximum atomic E-state index is 5.49. The van der Waals surface area contributed by atoms with Crippen molar-refractivity contribution >= 4 is 29.9 Å². The second-order valence-corrected chi connectivity index (χ2v) is 7.05. The molecule has 1 saturated heterocycles. The molecular weight excluding hydrogens is 439 g/mol. The van der Waals surface area contributed by atoms with Crippen LogP contribution in [0.25, 0.3) is 0 Å². The van der Waals surface area contributed by atoms with Gasteiger partial charge in [-0.1, -0.05) is 30.3 Å². The summed E-state index contributed by atoms with van der Waals surface area (Å²) in [5, 5.41) is 3.42. The van der Waals surface area contributed by atoms with E-state index in [0.29, 0.717) is 12.0 Å². The summed E-state index contributed by atoms with van der Waals surface area (Å²) in [5.41, 5.74) is 1.34. The topological polar surface area (TPSA) is 40.1 Å². The molecule has 0 radical (unpaired) electrons. The second-order valence-electron chi connectivity index (χ2n) is 7.05. The van der Waals surface area contributed by atoms with Crippen molar-refractivity contribution in [1.29, 1.82) is 0 Å². The fourth-order valence-corrected chi connectivity index (χ4v) is 3.06. The van der Waals surface area contributed by atoms with Gasteiger partial charge in [-0.15, -0.1) is 24.0 Å². The molecule has 1 aliphatic heterocycles. The van der Waals surface area contributed by atoms with Gasteiger partial charge in [0.05, 0.1) is 13.2 Å². The molecule has 0 aromatic heterocycles. The van der Waals surface area contributed by atoms with Gasteiger partial charge in [-0.3, -0.25) is 9.89 Å². The zero-order valence-corrected chi connectivity index (χ0v) is 19.0. The maximum absolute atomic E-state index is 5.49. The highest BCUT2D eigenvalue weighted by Crippen LogP contribution is 2.13. The van der Waals surface area contributed by atoms with Crippen LogP contribution in [0.1, 0.15) is 25.8 Å². The number of hydrogen-bond acceptors (Lipinski definition) is 3. The van der Waals surface area contributed by atoms with Crippen molar-refractivity contribution in [3.8, 4) is 0 Å². The fourth-order valence-electron chi connectivity index (χ4n) is 3.06. The van der Waals surface area contributed by atoms with Gasteiger partial charge in [0, 0.05) is 45.2 Å². The number of rotatable bonds is 8. The zero-order chi connectivity index (χ0) is 18.1. The van der Waals surface area contributed by atoms with Crippen molar-refractivity contribution in [1.82, 2.24) is 15.1 Å². The van der Waals surface area contributed by atoms with E-state index in [4.69, 9.17) is 9.73 Å². The molecule has 0 spiro atoms. The summed E-state index contributed by atoms with van der Waals surface area (Å²) >= 11 is 0. The molecule has 1 N–H and O–H groups in total. The molecule has 1 aliphatic rings. The average Bonchev–Trinajstić information content (AvgIpc) is 3.12. The van der Waals surface area contributed by atoms with Crippen LogP contribution >= 0.6 is 24.0 Å². The molecule has 2 atom stereocenters. The molecule has 1 aromatic rings. The van der Waals surface area contributed by atoms with Crippen molar-refractivity contribution in [3.63, 3.8) is 0 Å². The van der Waals surface area contributed by atoms with Crippen molar-refractivity contribution in [3.05, 3.63) is 35.9 Å². The van der Waals surface area contributed by atoms with E-state index in [1.165, 1.54) is 5.56 Å². The summed E-state index contributed by atoms with van der Waals surface area (Å²) in [6.45, 7) is 9.75. The molecule has 1 fully saturated rings. The van der Waals surface area contributed by atoms with E-state index in [1.807, 2.05) is 0 Å². The van der Waals surface area contributed by atoms with E-state index < -0.39 is 0 Å². The third kappa shape index (κ3) is 7.80. The molecule has 5 nitrogen and oxygen atoms in total. The standard InChI is InChI=1S/C20H34N4O.HI/c1-5-21-20(24(4)15-19-11-12-25-16-19)22-13-17(2)23(3)14-18-9-7-6-8-10-18;/h6-10,17,19H,5,11-16H2,1-4H3,(H,21,22);1H. The SMILES string of the molecule is CCNC(=NCC(C)N(C)Cc1ccccc1)N(C)CC1CCOC1.I. The Hall–Kier alpha value is -0.860. The molecule has 148 valence electrons. The van der Waals surface area contributed by atoms with Crippen molar-refractivity contribution in [2.45, 2.75) is 32.9 Å². The summed E-state index contributed by atoms with van der Waals surface area (Å²) < 4.78 is 5.49. The summed E-state index contributed by atoms with van der Waals surface area (Å²) in [4.78, 5) is 9.46. The molecule has 1 aromatic carbocycles. The molecule has 1 heterocycles. The maximum Gasteiger partial charge on any atom is 0.193 e. The highest BCUT2D eigenvalue weighted by Gasteiger charge is 2.19. The lowest BCUT2D eigenvalue weighted by molar-refractivity contribution is 0.181. The Labute approximate surface area is 176 Å². The smallest absolute Gasteiger partial charge is 0.193 e. The van der Waals surface area contributed by atoms with Gasteiger partial charge in [-0.25, -0.2) is 0 Å². The Kier molecular flexibility index (Phi) is 11.2. The number of hydrogen-bond donors (Lipinski definition) is 1. The molecular formula is C20H35IN4O. The molecule has 0 amide bonds. The monoisotopic (exact) mass is 474 g/mol. The van der Waals surface area contributed by atoms with Crippen LogP contribution in [0, 0.1) is 5.92 Å². The summed E-state index contributed by atoms with van der Waals surface area (Å²) in [5.74, 6) is 1.61. The van der Waals surface area contributed by atoms with Gasteiger partial charge < -0.3 is 15.0 Å². The lowest BCUT2D eigenvalue weighted by Crippen LogP contribution is -2.42. The Morgan fingerprint density at radius 1 is 1.31 bits per heavy atom. The third-order valence-electron chi connectivity index (χ3n) is 4.79. The minimum Gasteiger partial charge on any atom is -0.381 e. The lowest BCUT2D eigenvalue weighted by Gasteiger charge is -2.27. The number of benzene rings is 1. The quantitative estimate of drug-likeness (QED) is 0.357. The normalized spacial score (nSPS) is 18.5. The van der Waals surface area contributed by atoms with Crippen molar-refractivity contribution in [2.24, 2.45) is 10.9 Å². The van der Waals surface area contributed by atoms with Crippen LogP contribution in [0.5, 0.6) is 0 Å². The van der Waals surface area contributed by atoms with Gasteiger partial charge in [0.1, 0.15) is 0 Å². The Balaban J connectivity index is 0.00000338. The predicted molar refractivity (Wildman–Crippen MR) is 120 cm³/mol. The van der Waals surface area contributed by atoms with Crippen LogP contribution in [0.2, 0.25) is 0 Å².